The molecule has 6 heteroatoms. The van der Waals surface area contributed by atoms with Gasteiger partial charge in [0.05, 0.1) is 12.8 Å². The SMILES string of the molecule is COc1ccc(-c2cn(C3CCN(C=O)CC3)c(=O)[nH]2)cc1. The fourth-order valence-electron chi connectivity index (χ4n) is 2.87. The molecule has 1 saturated heterocycles. The van der Waals surface area contributed by atoms with Crippen LogP contribution in [0, 0.1) is 0 Å². The second kappa shape index (κ2) is 6.09. The smallest absolute Gasteiger partial charge is 0.326 e. The van der Waals surface area contributed by atoms with Gasteiger partial charge in [-0.3, -0.25) is 9.36 Å². The molecule has 0 aliphatic carbocycles. The average Bonchev–Trinajstić information content (AvgIpc) is 2.97. The van der Waals surface area contributed by atoms with E-state index < -0.39 is 0 Å². The van der Waals surface area contributed by atoms with Gasteiger partial charge in [-0.25, -0.2) is 4.79 Å². The number of methoxy groups -OCH3 is 1. The maximum absolute atomic E-state index is 12.2. The summed E-state index contributed by atoms with van der Waals surface area (Å²) in [7, 11) is 1.62. The van der Waals surface area contributed by atoms with Crippen LogP contribution in [0.15, 0.2) is 35.3 Å². The minimum Gasteiger partial charge on any atom is -0.497 e. The molecule has 0 radical (unpaired) electrons. The molecule has 0 spiro atoms. The zero-order chi connectivity index (χ0) is 15.5. The lowest BCUT2D eigenvalue weighted by atomic mass is 10.1. The quantitative estimate of drug-likeness (QED) is 0.873. The van der Waals surface area contributed by atoms with E-state index in [1.165, 1.54) is 0 Å². The van der Waals surface area contributed by atoms with Crippen molar-refractivity contribution in [1.29, 1.82) is 0 Å². The molecule has 1 aliphatic heterocycles. The number of ether oxygens (including phenoxy) is 1. The molecule has 6 nitrogen and oxygen atoms in total. The van der Waals surface area contributed by atoms with E-state index in [0.29, 0.717) is 13.1 Å². The number of amides is 1. The molecule has 1 amide bonds. The van der Waals surface area contributed by atoms with Gasteiger partial charge in [0.1, 0.15) is 5.75 Å². The summed E-state index contributed by atoms with van der Waals surface area (Å²) in [5.41, 5.74) is 1.64. The normalized spacial score (nSPS) is 15.8. The summed E-state index contributed by atoms with van der Waals surface area (Å²) < 4.78 is 6.89. The minimum absolute atomic E-state index is 0.102. The van der Waals surface area contributed by atoms with E-state index in [4.69, 9.17) is 4.74 Å². The Morgan fingerprint density at radius 2 is 1.91 bits per heavy atom. The Morgan fingerprint density at radius 1 is 1.23 bits per heavy atom. The number of aromatic nitrogens is 2. The van der Waals surface area contributed by atoms with Gasteiger partial charge in [0, 0.05) is 25.3 Å². The van der Waals surface area contributed by atoms with Crippen LogP contribution in [0.25, 0.3) is 11.3 Å². The minimum atomic E-state index is -0.102. The molecule has 116 valence electrons. The van der Waals surface area contributed by atoms with Gasteiger partial charge in [0.15, 0.2) is 0 Å². The standard InChI is InChI=1S/C16H19N3O3/c1-22-14-4-2-12(3-5-14)15-10-19(16(21)17-15)13-6-8-18(11-20)9-7-13/h2-5,10-11,13H,6-9H2,1H3,(H,17,21). The van der Waals surface area contributed by atoms with Crippen molar-refractivity contribution in [2.45, 2.75) is 18.9 Å². The number of likely N-dealkylation sites (tertiary alicyclic amines) is 1. The first-order valence-corrected chi connectivity index (χ1v) is 7.36. The summed E-state index contributed by atoms with van der Waals surface area (Å²) in [6.07, 6.45) is 4.35. The van der Waals surface area contributed by atoms with Crippen LogP contribution in [0.2, 0.25) is 0 Å². The van der Waals surface area contributed by atoms with Crippen molar-refractivity contribution in [2.75, 3.05) is 20.2 Å². The fraction of sp³-hybridized carbons (Fsp3) is 0.375. The van der Waals surface area contributed by atoms with Crippen LogP contribution in [-0.2, 0) is 4.79 Å². The third-order valence-corrected chi connectivity index (χ3v) is 4.19. The van der Waals surface area contributed by atoms with Crippen molar-refractivity contribution in [1.82, 2.24) is 14.5 Å². The highest BCUT2D eigenvalue weighted by Crippen LogP contribution is 2.24. The molecule has 1 aromatic carbocycles. The molecule has 2 aromatic rings. The van der Waals surface area contributed by atoms with Gasteiger partial charge < -0.3 is 14.6 Å². The molecule has 0 bridgehead atoms. The lowest BCUT2D eigenvalue weighted by Gasteiger charge is -2.29. The number of piperidine rings is 1. The Kier molecular flexibility index (Phi) is 4.00. The van der Waals surface area contributed by atoms with Crippen LogP contribution in [0.4, 0.5) is 0 Å². The Labute approximate surface area is 128 Å². The van der Waals surface area contributed by atoms with E-state index in [2.05, 4.69) is 4.98 Å². The van der Waals surface area contributed by atoms with Crippen molar-refractivity contribution in [3.05, 3.63) is 40.9 Å². The van der Waals surface area contributed by atoms with Crippen LogP contribution >= 0.6 is 0 Å². The topological polar surface area (TPSA) is 67.3 Å². The summed E-state index contributed by atoms with van der Waals surface area (Å²) in [6, 6.07) is 7.72. The summed E-state index contributed by atoms with van der Waals surface area (Å²) in [4.78, 5) is 27.6. The number of aromatic amines is 1. The molecule has 1 aromatic heterocycles. The average molecular weight is 301 g/mol. The van der Waals surface area contributed by atoms with Crippen LogP contribution in [0.3, 0.4) is 0 Å². The first-order chi connectivity index (χ1) is 10.7. The maximum atomic E-state index is 12.2. The molecule has 1 aliphatic rings. The van der Waals surface area contributed by atoms with E-state index in [-0.39, 0.29) is 11.7 Å². The Bertz CT molecular complexity index is 694. The number of carbonyl (C=O) groups is 1. The van der Waals surface area contributed by atoms with E-state index in [1.54, 1.807) is 16.6 Å². The van der Waals surface area contributed by atoms with Crippen LogP contribution in [-0.4, -0.2) is 41.1 Å². The molecule has 1 N–H and O–H groups in total. The number of benzene rings is 1. The number of imidazole rings is 1. The van der Waals surface area contributed by atoms with Gasteiger partial charge in [-0.2, -0.15) is 0 Å². The number of H-pyrrole nitrogens is 1. The largest absolute Gasteiger partial charge is 0.497 e. The van der Waals surface area contributed by atoms with E-state index >= 15 is 0 Å². The maximum Gasteiger partial charge on any atom is 0.326 e. The highest BCUT2D eigenvalue weighted by molar-refractivity contribution is 5.59. The molecular weight excluding hydrogens is 282 g/mol. The highest BCUT2D eigenvalue weighted by atomic mass is 16.5. The number of nitrogens with zero attached hydrogens (tertiary/aromatic N) is 2. The van der Waals surface area contributed by atoms with Crippen LogP contribution in [0.5, 0.6) is 5.75 Å². The number of rotatable bonds is 4. The molecule has 0 atom stereocenters. The molecule has 1 fully saturated rings. The lowest BCUT2D eigenvalue weighted by molar-refractivity contribution is -0.119. The van der Waals surface area contributed by atoms with Crippen molar-refractivity contribution >= 4 is 6.41 Å². The Balaban J connectivity index is 1.81. The Morgan fingerprint density at radius 3 is 2.50 bits per heavy atom. The summed E-state index contributed by atoms with van der Waals surface area (Å²) >= 11 is 0. The first-order valence-electron chi connectivity index (χ1n) is 7.36. The third kappa shape index (κ3) is 2.77. The van der Waals surface area contributed by atoms with Gasteiger partial charge in [-0.05, 0) is 42.7 Å². The van der Waals surface area contributed by atoms with Gasteiger partial charge in [0.25, 0.3) is 0 Å². The van der Waals surface area contributed by atoms with E-state index in [9.17, 15) is 9.59 Å². The monoisotopic (exact) mass is 301 g/mol. The molecule has 0 unspecified atom stereocenters. The summed E-state index contributed by atoms with van der Waals surface area (Å²) in [6.45, 7) is 1.40. The van der Waals surface area contributed by atoms with E-state index in [1.807, 2.05) is 30.5 Å². The van der Waals surface area contributed by atoms with Crippen molar-refractivity contribution in [2.24, 2.45) is 0 Å². The predicted molar refractivity (Wildman–Crippen MR) is 82.9 cm³/mol. The second-order valence-corrected chi connectivity index (χ2v) is 5.48. The van der Waals surface area contributed by atoms with Crippen molar-refractivity contribution in [3.63, 3.8) is 0 Å². The van der Waals surface area contributed by atoms with E-state index in [0.717, 1.165) is 36.3 Å². The highest BCUT2D eigenvalue weighted by Gasteiger charge is 2.21. The molecule has 22 heavy (non-hydrogen) atoms. The number of nitrogens with one attached hydrogen (secondary N) is 1. The molecule has 2 heterocycles. The zero-order valence-corrected chi connectivity index (χ0v) is 12.5. The Hall–Kier alpha value is -2.50. The number of hydrogen-bond donors (Lipinski definition) is 1. The summed E-state index contributed by atoms with van der Waals surface area (Å²) in [5, 5.41) is 0. The van der Waals surface area contributed by atoms with Gasteiger partial charge in [-0.1, -0.05) is 0 Å². The lowest BCUT2D eigenvalue weighted by Crippen LogP contribution is -2.35. The van der Waals surface area contributed by atoms with Gasteiger partial charge in [-0.15, -0.1) is 0 Å². The third-order valence-electron chi connectivity index (χ3n) is 4.19. The predicted octanol–water partition coefficient (Wildman–Crippen LogP) is 1.65. The fourth-order valence-corrected chi connectivity index (χ4v) is 2.87. The second-order valence-electron chi connectivity index (χ2n) is 5.48. The van der Waals surface area contributed by atoms with Crippen LogP contribution in [0.1, 0.15) is 18.9 Å². The zero-order valence-electron chi connectivity index (χ0n) is 12.5. The molecule has 3 rings (SSSR count). The van der Waals surface area contributed by atoms with Crippen LogP contribution < -0.4 is 10.4 Å². The number of carbonyl (C=O) groups excluding carboxylic acids is 1. The van der Waals surface area contributed by atoms with Gasteiger partial charge >= 0.3 is 5.69 Å². The molecular formula is C16H19N3O3. The summed E-state index contributed by atoms with van der Waals surface area (Å²) in [5.74, 6) is 0.784. The van der Waals surface area contributed by atoms with Crippen molar-refractivity contribution < 1.29 is 9.53 Å². The number of hydrogen-bond acceptors (Lipinski definition) is 3. The first kappa shape index (κ1) is 14.4. The van der Waals surface area contributed by atoms with Crippen molar-refractivity contribution in [3.8, 4) is 17.0 Å². The van der Waals surface area contributed by atoms with Gasteiger partial charge in [0.2, 0.25) is 6.41 Å². The molecule has 0 saturated carbocycles.